The summed E-state index contributed by atoms with van der Waals surface area (Å²) < 4.78 is 27.3. The van der Waals surface area contributed by atoms with Crippen molar-refractivity contribution in [3.8, 4) is 0 Å². The van der Waals surface area contributed by atoms with Crippen molar-refractivity contribution in [3.05, 3.63) is 16.5 Å². The molecular weight excluding hydrogens is 312 g/mol. The first-order valence-corrected chi connectivity index (χ1v) is 7.26. The molecule has 8 heteroatoms. The number of hydrogen-bond acceptors (Lipinski definition) is 4. The second-order valence-corrected chi connectivity index (χ2v) is 5.52. The first-order valence-electron chi connectivity index (χ1n) is 4.92. The zero-order chi connectivity index (χ0) is 13.2. The van der Waals surface area contributed by atoms with E-state index in [1.54, 1.807) is 0 Å². The average Bonchev–Trinajstić information content (AvgIpc) is 2.61. The quantitative estimate of drug-likeness (QED) is 0.899. The number of nitrogens with zero attached hydrogens (tertiary/aromatic N) is 1. The number of furan rings is 1. The Morgan fingerprint density at radius 2 is 2.00 bits per heavy atom. The van der Waals surface area contributed by atoms with E-state index in [0.717, 1.165) is 6.07 Å². The largest absolute Gasteiger partial charge is 0.443 e. The third kappa shape index (κ3) is 3.08. The van der Waals surface area contributed by atoms with E-state index in [0.29, 0.717) is 13.1 Å². The summed E-state index contributed by atoms with van der Waals surface area (Å²) in [5, 5.41) is 4.97. The van der Waals surface area contributed by atoms with E-state index in [1.165, 1.54) is 4.90 Å². The first kappa shape index (κ1) is 14.2. The maximum atomic E-state index is 11.9. The van der Waals surface area contributed by atoms with Gasteiger partial charge in [-0.15, -0.1) is 0 Å². The molecule has 1 heterocycles. The highest BCUT2D eigenvalue weighted by Crippen LogP contribution is 2.25. The number of primary sulfonamides is 1. The maximum Gasteiger partial charge on any atom is 0.289 e. The minimum Gasteiger partial charge on any atom is -0.443 e. The Labute approximate surface area is 108 Å². The maximum absolute atomic E-state index is 11.9. The van der Waals surface area contributed by atoms with Gasteiger partial charge in [0.2, 0.25) is 10.0 Å². The molecule has 0 aliphatic rings. The first-order chi connectivity index (χ1) is 7.81. The highest BCUT2D eigenvalue weighted by atomic mass is 79.9. The predicted molar refractivity (Wildman–Crippen MR) is 65.0 cm³/mol. The van der Waals surface area contributed by atoms with Crippen LogP contribution >= 0.6 is 15.9 Å². The molecule has 1 aromatic rings. The zero-order valence-corrected chi connectivity index (χ0v) is 11.8. The Hall–Kier alpha value is -0.860. The van der Waals surface area contributed by atoms with Gasteiger partial charge in [0.15, 0.2) is 10.4 Å². The molecule has 1 amide bonds. The van der Waals surface area contributed by atoms with Crippen LogP contribution in [0.3, 0.4) is 0 Å². The van der Waals surface area contributed by atoms with Crippen molar-refractivity contribution in [3.63, 3.8) is 0 Å². The molecule has 0 radical (unpaired) electrons. The molecule has 96 valence electrons. The van der Waals surface area contributed by atoms with E-state index < -0.39 is 10.0 Å². The van der Waals surface area contributed by atoms with Gasteiger partial charge in [0.1, 0.15) is 4.90 Å². The molecule has 0 saturated heterocycles. The van der Waals surface area contributed by atoms with Gasteiger partial charge in [-0.1, -0.05) is 0 Å². The van der Waals surface area contributed by atoms with Gasteiger partial charge >= 0.3 is 0 Å². The highest BCUT2D eigenvalue weighted by molar-refractivity contribution is 9.10. The summed E-state index contributed by atoms with van der Waals surface area (Å²) >= 11 is 2.92. The van der Waals surface area contributed by atoms with E-state index >= 15 is 0 Å². The standard InChI is InChI=1S/C9H13BrN2O4S/c1-3-12(4-2)9(13)6-5-7(8(10)16-6)17(11,14)15/h5H,3-4H2,1-2H3,(H2,11,14,15). The molecule has 17 heavy (non-hydrogen) atoms. The summed E-state index contributed by atoms with van der Waals surface area (Å²) in [6.07, 6.45) is 0. The zero-order valence-electron chi connectivity index (χ0n) is 9.44. The lowest BCUT2D eigenvalue weighted by molar-refractivity contribution is 0.0739. The summed E-state index contributed by atoms with van der Waals surface area (Å²) in [5.41, 5.74) is 0. The van der Waals surface area contributed by atoms with Gasteiger partial charge in [-0.3, -0.25) is 4.79 Å². The summed E-state index contributed by atoms with van der Waals surface area (Å²) in [6.45, 7) is 4.66. The normalized spacial score (nSPS) is 11.5. The lowest BCUT2D eigenvalue weighted by Crippen LogP contribution is -2.30. The summed E-state index contributed by atoms with van der Waals surface area (Å²) in [4.78, 5) is 13.2. The van der Waals surface area contributed by atoms with Crippen molar-refractivity contribution in [1.82, 2.24) is 4.90 Å². The van der Waals surface area contributed by atoms with Crippen LogP contribution in [-0.4, -0.2) is 32.3 Å². The third-order valence-corrected chi connectivity index (χ3v) is 3.99. The Bertz CT molecular complexity index is 519. The molecule has 0 bridgehead atoms. The molecule has 6 nitrogen and oxygen atoms in total. The van der Waals surface area contributed by atoms with Crippen LogP contribution < -0.4 is 5.14 Å². The molecule has 0 aliphatic heterocycles. The summed E-state index contributed by atoms with van der Waals surface area (Å²) in [6, 6.07) is 1.13. The molecule has 0 saturated carbocycles. The molecule has 0 spiro atoms. The molecule has 0 fully saturated rings. The van der Waals surface area contributed by atoms with Crippen LogP contribution in [0, 0.1) is 0 Å². The van der Waals surface area contributed by atoms with Gasteiger partial charge < -0.3 is 9.32 Å². The fraction of sp³-hybridized carbons (Fsp3) is 0.444. The number of rotatable bonds is 4. The number of hydrogen-bond donors (Lipinski definition) is 1. The third-order valence-electron chi connectivity index (χ3n) is 2.22. The Morgan fingerprint density at radius 3 is 2.35 bits per heavy atom. The van der Waals surface area contributed by atoms with Crippen molar-refractivity contribution in [2.75, 3.05) is 13.1 Å². The molecule has 0 atom stereocenters. The van der Waals surface area contributed by atoms with Crippen LogP contribution in [0.25, 0.3) is 0 Å². The Morgan fingerprint density at radius 1 is 1.47 bits per heavy atom. The molecular formula is C9H13BrN2O4S. The van der Waals surface area contributed by atoms with E-state index in [1.807, 2.05) is 13.8 Å². The second kappa shape index (κ2) is 5.19. The monoisotopic (exact) mass is 324 g/mol. The minimum absolute atomic E-state index is 0.0513. The number of sulfonamides is 1. The molecule has 0 aliphatic carbocycles. The van der Waals surface area contributed by atoms with Gasteiger partial charge in [-0.05, 0) is 29.8 Å². The molecule has 2 N–H and O–H groups in total. The van der Waals surface area contributed by atoms with Crippen molar-refractivity contribution < 1.29 is 17.6 Å². The smallest absolute Gasteiger partial charge is 0.289 e. The topological polar surface area (TPSA) is 93.6 Å². The van der Waals surface area contributed by atoms with E-state index in [-0.39, 0.29) is 21.2 Å². The van der Waals surface area contributed by atoms with Crippen LogP contribution in [0.1, 0.15) is 24.4 Å². The van der Waals surface area contributed by atoms with Gasteiger partial charge in [0.25, 0.3) is 5.91 Å². The van der Waals surface area contributed by atoms with Gasteiger partial charge in [0, 0.05) is 19.2 Å². The highest BCUT2D eigenvalue weighted by Gasteiger charge is 2.24. The molecule has 1 aromatic heterocycles. The Kier molecular flexibility index (Phi) is 4.34. The lowest BCUT2D eigenvalue weighted by Gasteiger charge is -2.16. The molecule has 0 aromatic carbocycles. The number of nitrogens with two attached hydrogens (primary N) is 1. The summed E-state index contributed by atoms with van der Waals surface area (Å²) in [7, 11) is -3.90. The Balaban J connectivity index is 3.14. The van der Waals surface area contributed by atoms with Gasteiger partial charge in [0.05, 0.1) is 0 Å². The van der Waals surface area contributed by atoms with Crippen LogP contribution in [0.2, 0.25) is 0 Å². The van der Waals surface area contributed by atoms with E-state index in [2.05, 4.69) is 15.9 Å². The molecule has 0 unspecified atom stereocenters. The molecule has 1 rings (SSSR count). The average molecular weight is 325 g/mol. The lowest BCUT2D eigenvalue weighted by atomic mass is 10.3. The van der Waals surface area contributed by atoms with E-state index in [4.69, 9.17) is 9.56 Å². The van der Waals surface area contributed by atoms with Crippen LogP contribution in [0.4, 0.5) is 0 Å². The second-order valence-electron chi connectivity index (χ2n) is 3.27. The number of amides is 1. The van der Waals surface area contributed by atoms with Crippen LogP contribution in [-0.2, 0) is 10.0 Å². The van der Waals surface area contributed by atoms with Gasteiger partial charge in [-0.25, -0.2) is 13.6 Å². The fourth-order valence-electron chi connectivity index (χ4n) is 1.32. The number of carbonyl (C=O) groups is 1. The van der Waals surface area contributed by atoms with Crippen LogP contribution in [0.5, 0.6) is 0 Å². The SMILES string of the molecule is CCN(CC)C(=O)c1cc(S(N)(=O)=O)c(Br)o1. The van der Waals surface area contributed by atoms with Crippen molar-refractivity contribution >= 4 is 31.9 Å². The van der Waals surface area contributed by atoms with Crippen molar-refractivity contribution in [1.29, 1.82) is 0 Å². The summed E-state index contributed by atoms with van der Waals surface area (Å²) in [5.74, 6) is -0.421. The van der Waals surface area contributed by atoms with Gasteiger partial charge in [-0.2, -0.15) is 0 Å². The fourth-order valence-corrected chi connectivity index (χ4v) is 2.82. The van der Waals surface area contributed by atoms with Crippen molar-refractivity contribution in [2.24, 2.45) is 5.14 Å². The minimum atomic E-state index is -3.90. The number of carbonyl (C=O) groups excluding carboxylic acids is 1. The predicted octanol–water partition coefficient (Wildman–Crippen LogP) is 1.17. The van der Waals surface area contributed by atoms with E-state index in [9.17, 15) is 13.2 Å². The van der Waals surface area contributed by atoms with Crippen molar-refractivity contribution in [2.45, 2.75) is 18.7 Å². The van der Waals surface area contributed by atoms with Crippen LogP contribution in [0.15, 0.2) is 20.0 Å². The number of halogens is 1.